The molecule has 2 aliphatic rings. The van der Waals surface area contributed by atoms with Crippen molar-refractivity contribution in [1.82, 2.24) is 9.80 Å². The number of likely N-dealkylation sites (tertiary alicyclic amines) is 2. The Morgan fingerprint density at radius 2 is 1.81 bits per heavy atom. The van der Waals surface area contributed by atoms with Crippen molar-refractivity contribution in [1.29, 1.82) is 0 Å². The molecule has 1 aromatic carbocycles. The molecule has 2 heterocycles. The molecule has 21 heavy (non-hydrogen) atoms. The number of piperidine rings is 1. The molecule has 0 aromatic heterocycles. The maximum atomic E-state index is 12.1. The molecule has 0 N–H and O–H groups in total. The van der Waals surface area contributed by atoms with Crippen molar-refractivity contribution in [2.75, 3.05) is 33.2 Å². The summed E-state index contributed by atoms with van der Waals surface area (Å²) in [4.78, 5) is 16.4. The Kier molecular flexibility index (Phi) is 4.15. The number of hydrogen-bond acceptors (Lipinski definition) is 3. The van der Waals surface area contributed by atoms with Crippen LogP contribution in [0.25, 0.3) is 0 Å². The summed E-state index contributed by atoms with van der Waals surface area (Å²) < 4.78 is 5.42. The molecule has 2 fully saturated rings. The maximum absolute atomic E-state index is 12.1. The lowest BCUT2D eigenvalue weighted by atomic mass is 9.78. The molecule has 1 amide bonds. The van der Waals surface area contributed by atoms with Crippen LogP contribution in [0, 0.1) is 5.41 Å². The first-order valence-electron chi connectivity index (χ1n) is 7.81. The summed E-state index contributed by atoms with van der Waals surface area (Å²) in [5, 5.41) is 0. The van der Waals surface area contributed by atoms with Crippen molar-refractivity contribution in [3.05, 3.63) is 35.9 Å². The number of carbonyl (C=O) groups is 1. The largest absolute Gasteiger partial charge is 0.445 e. The Morgan fingerprint density at radius 3 is 2.43 bits per heavy atom. The molecule has 0 saturated carbocycles. The molecule has 2 aliphatic heterocycles. The van der Waals surface area contributed by atoms with Gasteiger partial charge in [-0.25, -0.2) is 4.79 Å². The Hall–Kier alpha value is -1.55. The monoisotopic (exact) mass is 288 g/mol. The van der Waals surface area contributed by atoms with Crippen LogP contribution in [-0.4, -0.2) is 49.1 Å². The lowest BCUT2D eigenvalue weighted by molar-refractivity contribution is 0.0640. The lowest BCUT2D eigenvalue weighted by Crippen LogP contribution is -2.44. The van der Waals surface area contributed by atoms with Crippen LogP contribution >= 0.6 is 0 Å². The third-order valence-electron chi connectivity index (χ3n) is 4.92. The molecule has 4 nitrogen and oxygen atoms in total. The summed E-state index contributed by atoms with van der Waals surface area (Å²) in [5.41, 5.74) is 1.49. The number of hydrogen-bond donors (Lipinski definition) is 0. The predicted molar refractivity (Wildman–Crippen MR) is 82.0 cm³/mol. The second kappa shape index (κ2) is 6.06. The van der Waals surface area contributed by atoms with Crippen molar-refractivity contribution < 1.29 is 9.53 Å². The van der Waals surface area contributed by atoms with Gasteiger partial charge in [0, 0.05) is 19.6 Å². The van der Waals surface area contributed by atoms with Gasteiger partial charge in [0.25, 0.3) is 0 Å². The molecule has 0 atom stereocenters. The first kappa shape index (κ1) is 14.4. The SMILES string of the molecule is CN1CCC2(CCN(C(=O)OCc3ccccc3)CC2)C1. The minimum atomic E-state index is -0.167. The third kappa shape index (κ3) is 3.38. The molecule has 0 radical (unpaired) electrons. The maximum Gasteiger partial charge on any atom is 0.410 e. The minimum Gasteiger partial charge on any atom is -0.445 e. The Bertz CT molecular complexity index is 481. The summed E-state index contributed by atoms with van der Waals surface area (Å²) in [7, 11) is 2.19. The molecule has 4 heteroatoms. The smallest absolute Gasteiger partial charge is 0.410 e. The highest BCUT2D eigenvalue weighted by molar-refractivity contribution is 5.67. The number of nitrogens with zero attached hydrogens (tertiary/aromatic N) is 2. The molecule has 1 spiro atoms. The van der Waals surface area contributed by atoms with E-state index in [1.54, 1.807) is 0 Å². The van der Waals surface area contributed by atoms with E-state index in [0.717, 1.165) is 31.5 Å². The number of ether oxygens (including phenoxy) is 1. The van der Waals surface area contributed by atoms with E-state index in [4.69, 9.17) is 4.74 Å². The Balaban J connectivity index is 1.47. The Morgan fingerprint density at radius 1 is 1.14 bits per heavy atom. The lowest BCUT2D eigenvalue weighted by Gasteiger charge is -2.38. The molecule has 114 valence electrons. The van der Waals surface area contributed by atoms with Gasteiger partial charge in [0.15, 0.2) is 0 Å². The first-order chi connectivity index (χ1) is 10.2. The second-order valence-corrected chi connectivity index (χ2v) is 6.52. The van der Waals surface area contributed by atoms with Gasteiger partial charge in [-0.05, 0) is 43.8 Å². The summed E-state index contributed by atoms with van der Waals surface area (Å²) >= 11 is 0. The van der Waals surface area contributed by atoms with E-state index in [0.29, 0.717) is 12.0 Å². The molecular weight excluding hydrogens is 264 g/mol. The van der Waals surface area contributed by atoms with Crippen molar-refractivity contribution in [3.8, 4) is 0 Å². The second-order valence-electron chi connectivity index (χ2n) is 6.52. The van der Waals surface area contributed by atoms with Crippen molar-refractivity contribution >= 4 is 6.09 Å². The van der Waals surface area contributed by atoms with Gasteiger partial charge < -0.3 is 14.5 Å². The van der Waals surface area contributed by atoms with Crippen LogP contribution < -0.4 is 0 Å². The fraction of sp³-hybridized carbons (Fsp3) is 0.588. The predicted octanol–water partition coefficient (Wildman–Crippen LogP) is 2.74. The van der Waals surface area contributed by atoms with Crippen LogP contribution in [0.5, 0.6) is 0 Å². The quantitative estimate of drug-likeness (QED) is 0.839. The zero-order chi connectivity index (χ0) is 14.7. The van der Waals surface area contributed by atoms with Crippen LogP contribution in [0.4, 0.5) is 4.79 Å². The summed E-state index contributed by atoms with van der Waals surface area (Å²) in [6.45, 7) is 4.41. The topological polar surface area (TPSA) is 32.8 Å². The standard InChI is InChI=1S/C17H24N2O2/c1-18-10-7-17(14-18)8-11-19(12-9-17)16(20)21-13-15-5-3-2-4-6-15/h2-6H,7-14H2,1H3. The molecular formula is C17H24N2O2. The highest BCUT2D eigenvalue weighted by atomic mass is 16.6. The van der Waals surface area contributed by atoms with Crippen molar-refractivity contribution in [2.45, 2.75) is 25.9 Å². The van der Waals surface area contributed by atoms with Crippen LogP contribution in [0.1, 0.15) is 24.8 Å². The number of benzene rings is 1. The molecule has 0 bridgehead atoms. The minimum absolute atomic E-state index is 0.167. The van der Waals surface area contributed by atoms with Gasteiger partial charge in [0.05, 0.1) is 0 Å². The van der Waals surface area contributed by atoms with Crippen LogP contribution in [0.3, 0.4) is 0 Å². The zero-order valence-corrected chi connectivity index (χ0v) is 12.8. The van der Waals surface area contributed by atoms with Crippen LogP contribution in [0.15, 0.2) is 30.3 Å². The zero-order valence-electron chi connectivity index (χ0n) is 12.8. The van der Waals surface area contributed by atoms with Crippen LogP contribution in [-0.2, 0) is 11.3 Å². The van der Waals surface area contributed by atoms with Gasteiger partial charge in [0.2, 0.25) is 0 Å². The fourth-order valence-electron chi connectivity index (χ4n) is 3.54. The van der Waals surface area contributed by atoms with Gasteiger partial charge in [-0.3, -0.25) is 0 Å². The van der Waals surface area contributed by atoms with Gasteiger partial charge in [-0.15, -0.1) is 0 Å². The summed E-state index contributed by atoms with van der Waals surface area (Å²) in [6, 6.07) is 9.85. The average molecular weight is 288 g/mol. The van der Waals surface area contributed by atoms with E-state index < -0.39 is 0 Å². The van der Waals surface area contributed by atoms with E-state index in [2.05, 4.69) is 11.9 Å². The molecule has 0 aliphatic carbocycles. The molecule has 2 saturated heterocycles. The molecule has 1 aromatic rings. The fourth-order valence-corrected chi connectivity index (χ4v) is 3.54. The van der Waals surface area contributed by atoms with E-state index >= 15 is 0 Å². The van der Waals surface area contributed by atoms with Crippen molar-refractivity contribution in [2.24, 2.45) is 5.41 Å². The normalized spacial score (nSPS) is 21.7. The highest BCUT2D eigenvalue weighted by Gasteiger charge is 2.40. The average Bonchev–Trinajstić information content (AvgIpc) is 2.87. The summed E-state index contributed by atoms with van der Waals surface area (Å²) in [6.07, 6.45) is 3.33. The number of amides is 1. The Labute approximate surface area is 126 Å². The van der Waals surface area contributed by atoms with Gasteiger partial charge >= 0.3 is 6.09 Å². The van der Waals surface area contributed by atoms with E-state index in [1.807, 2.05) is 35.2 Å². The van der Waals surface area contributed by atoms with Crippen LogP contribution in [0.2, 0.25) is 0 Å². The number of rotatable bonds is 2. The van der Waals surface area contributed by atoms with Gasteiger partial charge in [-0.1, -0.05) is 30.3 Å². The van der Waals surface area contributed by atoms with Crippen molar-refractivity contribution in [3.63, 3.8) is 0 Å². The first-order valence-corrected chi connectivity index (χ1v) is 7.81. The third-order valence-corrected chi connectivity index (χ3v) is 4.92. The molecule has 3 rings (SSSR count). The number of carbonyl (C=O) groups excluding carboxylic acids is 1. The van der Waals surface area contributed by atoms with E-state index in [-0.39, 0.29) is 6.09 Å². The summed E-state index contributed by atoms with van der Waals surface area (Å²) in [5.74, 6) is 0. The van der Waals surface area contributed by atoms with E-state index in [1.165, 1.54) is 19.5 Å². The van der Waals surface area contributed by atoms with Gasteiger partial charge in [-0.2, -0.15) is 0 Å². The van der Waals surface area contributed by atoms with Gasteiger partial charge in [0.1, 0.15) is 6.61 Å². The van der Waals surface area contributed by atoms with E-state index in [9.17, 15) is 4.79 Å². The highest BCUT2D eigenvalue weighted by Crippen LogP contribution is 2.39. The molecule has 0 unspecified atom stereocenters.